The molecular weight excluding hydrogens is 520 g/mol. The Kier molecular flexibility index (Phi) is 9.60. The van der Waals surface area contributed by atoms with E-state index in [1.54, 1.807) is 23.9 Å². The molecule has 2 aromatic rings. The molecule has 1 aliphatic heterocycles. The third kappa shape index (κ3) is 7.99. The number of aromatic nitrogens is 2. The van der Waals surface area contributed by atoms with Gasteiger partial charge in [0.15, 0.2) is 5.96 Å². The first-order valence-corrected chi connectivity index (χ1v) is 10.2. The van der Waals surface area contributed by atoms with E-state index in [-0.39, 0.29) is 30.0 Å². The normalized spacial score (nSPS) is 17.5. The first-order chi connectivity index (χ1) is 14.3. The van der Waals surface area contributed by atoms with Crippen LogP contribution in [0.15, 0.2) is 41.7 Å². The average Bonchev–Trinajstić information content (AvgIpc) is 3.32. The van der Waals surface area contributed by atoms with Gasteiger partial charge in [-0.25, -0.2) is 0 Å². The van der Waals surface area contributed by atoms with Gasteiger partial charge >= 0.3 is 6.18 Å². The fourth-order valence-electron chi connectivity index (χ4n) is 3.64. The van der Waals surface area contributed by atoms with E-state index in [1.807, 2.05) is 19.4 Å². The highest BCUT2D eigenvalue weighted by Gasteiger charge is 2.30. The van der Waals surface area contributed by atoms with Gasteiger partial charge in [-0.1, -0.05) is 12.1 Å². The van der Waals surface area contributed by atoms with E-state index >= 15 is 0 Å². The number of nitrogens with zero attached hydrogens (tertiary/aromatic N) is 4. The number of hydrogen-bond acceptors (Lipinski definition) is 3. The molecule has 31 heavy (non-hydrogen) atoms. The average molecular weight is 550 g/mol. The Bertz CT molecular complexity index is 834. The molecule has 1 unspecified atom stereocenters. The molecule has 0 amide bonds. The van der Waals surface area contributed by atoms with E-state index in [2.05, 4.69) is 25.6 Å². The van der Waals surface area contributed by atoms with Gasteiger partial charge in [-0.15, -0.1) is 24.0 Å². The zero-order valence-electron chi connectivity index (χ0n) is 17.8. The molecule has 1 fully saturated rings. The van der Waals surface area contributed by atoms with Gasteiger partial charge in [0, 0.05) is 52.5 Å². The van der Waals surface area contributed by atoms with Crippen LogP contribution in [0.1, 0.15) is 29.5 Å². The molecule has 1 aromatic carbocycles. The fourth-order valence-corrected chi connectivity index (χ4v) is 3.64. The lowest BCUT2D eigenvalue weighted by atomic mass is 10.1. The third-order valence-corrected chi connectivity index (χ3v) is 5.22. The van der Waals surface area contributed by atoms with Gasteiger partial charge in [0.2, 0.25) is 0 Å². The molecule has 0 bridgehead atoms. The Balaban J connectivity index is 0.00000341. The summed E-state index contributed by atoms with van der Waals surface area (Å²) >= 11 is 0. The zero-order chi connectivity index (χ0) is 21.6. The third-order valence-electron chi connectivity index (χ3n) is 5.22. The highest BCUT2D eigenvalue weighted by atomic mass is 127. The predicted molar refractivity (Wildman–Crippen MR) is 127 cm³/mol. The summed E-state index contributed by atoms with van der Waals surface area (Å²) < 4.78 is 39.9. The maximum Gasteiger partial charge on any atom is 0.416 e. The van der Waals surface area contributed by atoms with E-state index in [0.717, 1.165) is 62.6 Å². The summed E-state index contributed by atoms with van der Waals surface area (Å²) in [5, 5.41) is 11.0. The van der Waals surface area contributed by atoms with Crippen LogP contribution in [0, 0.1) is 0 Å². The van der Waals surface area contributed by atoms with Crippen LogP contribution in [0.25, 0.3) is 0 Å². The van der Waals surface area contributed by atoms with E-state index in [1.165, 1.54) is 5.56 Å². The van der Waals surface area contributed by atoms with Crippen molar-refractivity contribution >= 4 is 29.9 Å². The molecule has 172 valence electrons. The Hall–Kier alpha value is -1.82. The first kappa shape index (κ1) is 25.4. The number of aryl methyl sites for hydroxylation is 2. The molecule has 6 nitrogen and oxygen atoms in total. The van der Waals surface area contributed by atoms with Crippen molar-refractivity contribution < 1.29 is 13.2 Å². The summed E-state index contributed by atoms with van der Waals surface area (Å²) in [6, 6.07) is 5.69. The van der Waals surface area contributed by atoms with Gasteiger partial charge in [0.1, 0.15) is 0 Å². The van der Waals surface area contributed by atoms with E-state index < -0.39 is 11.7 Å². The summed E-state index contributed by atoms with van der Waals surface area (Å²) in [4.78, 5) is 6.54. The molecular formula is C21H30F3IN6. The number of hydrogen-bond donors (Lipinski definition) is 2. The molecule has 2 N–H and O–H groups in total. The lowest BCUT2D eigenvalue weighted by molar-refractivity contribution is -0.137. The van der Waals surface area contributed by atoms with Crippen LogP contribution in [0.3, 0.4) is 0 Å². The maximum absolute atomic E-state index is 12.7. The Labute approximate surface area is 198 Å². The summed E-state index contributed by atoms with van der Waals surface area (Å²) in [5.41, 5.74) is 1.50. The lowest BCUT2D eigenvalue weighted by Crippen LogP contribution is -2.44. The first-order valence-electron chi connectivity index (χ1n) is 10.2. The molecule has 0 spiro atoms. The second kappa shape index (κ2) is 11.7. The van der Waals surface area contributed by atoms with Crippen LogP contribution < -0.4 is 10.6 Å². The molecule has 0 radical (unpaired) electrons. The van der Waals surface area contributed by atoms with Crippen molar-refractivity contribution in [1.29, 1.82) is 0 Å². The van der Waals surface area contributed by atoms with Gasteiger partial charge < -0.3 is 10.6 Å². The standard InChI is InChI=1S/C21H29F3N6.HI/c1-25-20(26-10-3-4-17-12-27-29(2)13-17)28-19-9-11-30(15-19)14-16-5-7-18(8-6-16)21(22,23)24;/h5-8,12-13,19H,3-4,9-11,14-15H2,1-2H3,(H2,25,26,28);1H. The SMILES string of the molecule is CN=C(NCCCc1cnn(C)c1)NC1CCN(Cc2ccc(C(F)(F)F)cc2)C1.I. The monoisotopic (exact) mass is 550 g/mol. The van der Waals surface area contributed by atoms with E-state index in [9.17, 15) is 13.2 Å². The van der Waals surface area contributed by atoms with Crippen molar-refractivity contribution in [2.45, 2.75) is 38.0 Å². The number of rotatable bonds is 7. The zero-order valence-corrected chi connectivity index (χ0v) is 20.2. The molecule has 2 heterocycles. The minimum atomic E-state index is -4.29. The molecule has 0 saturated carbocycles. The van der Waals surface area contributed by atoms with Crippen molar-refractivity contribution in [2.75, 3.05) is 26.7 Å². The highest BCUT2D eigenvalue weighted by Crippen LogP contribution is 2.29. The van der Waals surface area contributed by atoms with Crippen molar-refractivity contribution in [3.8, 4) is 0 Å². The van der Waals surface area contributed by atoms with Crippen molar-refractivity contribution in [3.63, 3.8) is 0 Å². The van der Waals surface area contributed by atoms with E-state index in [0.29, 0.717) is 6.54 Å². The Morgan fingerprint density at radius 3 is 2.58 bits per heavy atom. The molecule has 0 aliphatic carbocycles. The summed E-state index contributed by atoms with van der Waals surface area (Å²) in [7, 11) is 3.67. The molecule has 10 heteroatoms. The van der Waals surface area contributed by atoms with Crippen LogP contribution in [-0.4, -0.2) is 53.4 Å². The number of halogens is 4. The second-order valence-electron chi connectivity index (χ2n) is 7.68. The van der Waals surface area contributed by atoms with E-state index in [4.69, 9.17) is 0 Å². The number of nitrogens with one attached hydrogen (secondary N) is 2. The topological polar surface area (TPSA) is 57.5 Å². The van der Waals surface area contributed by atoms with Crippen LogP contribution >= 0.6 is 24.0 Å². The minimum absolute atomic E-state index is 0. The number of benzene rings is 1. The Morgan fingerprint density at radius 2 is 1.97 bits per heavy atom. The van der Waals surface area contributed by atoms with Crippen molar-refractivity contribution in [1.82, 2.24) is 25.3 Å². The summed E-state index contributed by atoms with van der Waals surface area (Å²) in [6.45, 7) is 3.19. The lowest BCUT2D eigenvalue weighted by Gasteiger charge is -2.19. The molecule has 1 atom stereocenters. The van der Waals surface area contributed by atoms with Gasteiger partial charge in [-0.2, -0.15) is 18.3 Å². The highest BCUT2D eigenvalue weighted by molar-refractivity contribution is 14.0. The Morgan fingerprint density at radius 1 is 1.23 bits per heavy atom. The molecule has 1 aliphatic rings. The summed E-state index contributed by atoms with van der Waals surface area (Å²) in [5.74, 6) is 0.780. The van der Waals surface area contributed by atoms with Gasteiger partial charge in [0.05, 0.1) is 11.8 Å². The van der Waals surface area contributed by atoms with Crippen LogP contribution in [-0.2, 0) is 26.2 Å². The quantitative estimate of drug-likeness (QED) is 0.240. The number of likely N-dealkylation sites (tertiary alicyclic amines) is 1. The van der Waals surface area contributed by atoms with Gasteiger partial charge in [0.25, 0.3) is 0 Å². The predicted octanol–water partition coefficient (Wildman–Crippen LogP) is 3.43. The van der Waals surface area contributed by atoms with Crippen LogP contribution in [0.4, 0.5) is 13.2 Å². The summed E-state index contributed by atoms with van der Waals surface area (Å²) in [6.07, 6.45) is 2.53. The minimum Gasteiger partial charge on any atom is -0.356 e. The number of aliphatic imine (C=N–C) groups is 1. The molecule has 1 aromatic heterocycles. The number of guanidine groups is 1. The second-order valence-corrected chi connectivity index (χ2v) is 7.68. The largest absolute Gasteiger partial charge is 0.416 e. The smallest absolute Gasteiger partial charge is 0.356 e. The molecule has 3 rings (SSSR count). The maximum atomic E-state index is 12.7. The van der Waals surface area contributed by atoms with Gasteiger partial charge in [-0.05, 0) is 42.5 Å². The van der Waals surface area contributed by atoms with Gasteiger partial charge in [-0.3, -0.25) is 14.6 Å². The van der Waals surface area contributed by atoms with Crippen molar-refractivity contribution in [2.24, 2.45) is 12.0 Å². The number of alkyl halides is 3. The molecule has 1 saturated heterocycles. The van der Waals surface area contributed by atoms with Crippen LogP contribution in [0.2, 0.25) is 0 Å². The fraction of sp³-hybridized carbons (Fsp3) is 0.524. The van der Waals surface area contributed by atoms with Crippen LogP contribution in [0.5, 0.6) is 0 Å². The van der Waals surface area contributed by atoms with Crippen molar-refractivity contribution in [3.05, 3.63) is 53.3 Å².